The predicted octanol–water partition coefficient (Wildman–Crippen LogP) is 1.53. The molecule has 2 heterocycles. The third-order valence-electron chi connectivity index (χ3n) is 5.56. The van der Waals surface area contributed by atoms with Crippen LogP contribution in [-0.4, -0.2) is 68.4 Å². The molecule has 3 atom stereocenters. The minimum Gasteiger partial charge on any atom is -0.488 e. The molecule has 1 aliphatic heterocycles. The van der Waals surface area contributed by atoms with E-state index in [-0.39, 0.29) is 52.1 Å². The number of ether oxygens (including phenoxy) is 1. The van der Waals surface area contributed by atoms with Crippen molar-refractivity contribution in [2.24, 2.45) is 5.92 Å². The third kappa shape index (κ3) is 4.74. The van der Waals surface area contributed by atoms with Crippen LogP contribution in [0.5, 0.6) is 5.75 Å². The van der Waals surface area contributed by atoms with Crippen LogP contribution in [0.3, 0.4) is 0 Å². The van der Waals surface area contributed by atoms with Crippen LogP contribution in [0.4, 0.5) is 5.69 Å². The Morgan fingerprint density at radius 1 is 1.34 bits per heavy atom. The molecular weight excluding hydrogens is 436 g/mol. The molecule has 32 heavy (non-hydrogen) atoms. The van der Waals surface area contributed by atoms with Crippen molar-refractivity contribution in [2.45, 2.75) is 44.7 Å². The molecule has 1 aromatic carbocycles. The van der Waals surface area contributed by atoms with Crippen LogP contribution in [0.25, 0.3) is 0 Å². The first-order valence-electron chi connectivity index (χ1n) is 10.4. The van der Waals surface area contributed by atoms with Gasteiger partial charge in [-0.05, 0) is 46.0 Å². The Bertz CT molecular complexity index is 1060. The summed E-state index contributed by atoms with van der Waals surface area (Å²) in [5, 5.41) is 16.5. The fourth-order valence-corrected chi connectivity index (χ4v) is 5.18. The van der Waals surface area contributed by atoms with Gasteiger partial charge in [0.05, 0.1) is 18.2 Å². The number of amides is 1. The number of aliphatic hydroxyl groups excluding tert-OH is 1. The van der Waals surface area contributed by atoms with Crippen LogP contribution >= 0.6 is 0 Å². The number of nitrogens with one attached hydrogen (secondary N) is 2. The highest BCUT2D eigenvalue weighted by Gasteiger charge is 2.33. The lowest BCUT2D eigenvalue weighted by Crippen LogP contribution is -2.49. The summed E-state index contributed by atoms with van der Waals surface area (Å²) in [6.07, 6.45) is -0.218. The van der Waals surface area contributed by atoms with Gasteiger partial charge in [0.2, 0.25) is 0 Å². The number of nitrogens with zero attached hydrogens (tertiary/aromatic N) is 2. The highest BCUT2D eigenvalue weighted by molar-refractivity contribution is 7.92. The highest BCUT2D eigenvalue weighted by atomic mass is 32.2. The molecule has 0 bridgehead atoms. The van der Waals surface area contributed by atoms with Crippen LogP contribution < -0.4 is 14.8 Å². The maximum Gasteiger partial charge on any atom is 0.267 e. The van der Waals surface area contributed by atoms with Crippen LogP contribution in [0.15, 0.2) is 27.6 Å². The van der Waals surface area contributed by atoms with Gasteiger partial charge in [-0.2, -0.15) is 0 Å². The Hall–Kier alpha value is -2.63. The maximum absolute atomic E-state index is 13.4. The molecule has 1 aromatic heterocycles. The number of carbonyl (C=O) groups is 1. The third-order valence-corrected chi connectivity index (χ3v) is 7.18. The molecule has 1 aliphatic rings. The van der Waals surface area contributed by atoms with Gasteiger partial charge in [0.25, 0.3) is 15.9 Å². The van der Waals surface area contributed by atoms with Crippen molar-refractivity contribution < 1.29 is 27.6 Å². The lowest BCUT2D eigenvalue weighted by molar-refractivity contribution is 0.0416. The van der Waals surface area contributed by atoms with Crippen molar-refractivity contribution in [2.75, 3.05) is 31.5 Å². The average Bonchev–Trinajstić information content (AvgIpc) is 3.09. The first-order valence-corrected chi connectivity index (χ1v) is 11.9. The molecule has 2 aromatic rings. The van der Waals surface area contributed by atoms with Crippen molar-refractivity contribution in [1.29, 1.82) is 0 Å². The Morgan fingerprint density at radius 2 is 2.06 bits per heavy atom. The Morgan fingerprint density at radius 3 is 2.66 bits per heavy atom. The SMILES string of the molecule is CNC[C@H]1Oc2ccc(NS(=O)(=O)c3c(C)noc3C)cc2C(=O)N([C@H](C)CO)C[C@H]1C. The van der Waals surface area contributed by atoms with Gasteiger partial charge in [-0.3, -0.25) is 9.52 Å². The van der Waals surface area contributed by atoms with Crippen LogP contribution in [0.2, 0.25) is 0 Å². The molecule has 3 rings (SSSR count). The zero-order valence-electron chi connectivity index (χ0n) is 18.9. The Kier molecular flexibility index (Phi) is 7.11. The number of rotatable bonds is 7. The highest BCUT2D eigenvalue weighted by Crippen LogP contribution is 2.31. The lowest BCUT2D eigenvalue weighted by Gasteiger charge is -2.37. The fraction of sp³-hybridized carbons (Fsp3) is 0.524. The zero-order valence-corrected chi connectivity index (χ0v) is 19.7. The van der Waals surface area contributed by atoms with Gasteiger partial charge >= 0.3 is 0 Å². The molecule has 0 aliphatic carbocycles. The van der Waals surface area contributed by atoms with E-state index in [2.05, 4.69) is 15.2 Å². The summed E-state index contributed by atoms with van der Waals surface area (Å²) in [6, 6.07) is 4.18. The molecule has 11 heteroatoms. The number of sulfonamides is 1. The molecule has 0 radical (unpaired) electrons. The first kappa shape index (κ1) is 24.0. The number of aryl methyl sites for hydroxylation is 2. The second kappa shape index (κ2) is 9.47. The monoisotopic (exact) mass is 466 g/mol. The van der Waals surface area contributed by atoms with E-state index in [9.17, 15) is 18.3 Å². The molecule has 176 valence electrons. The number of anilines is 1. The summed E-state index contributed by atoms with van der Waals surface area (Å²) >= 11 is 0. The van der Waals surface area contributed by atoms with Gasteiger partial charge in [0, 0.05) is 24.7 Å². The van der Waals surface area contributed by atoms with Gasteiger partial charge in [0.15, 0.2) is 10.7 Å². The zero-order chi connectivity index (χ0) is 23.6. The van der Waals surface area contributed by atoms with Crippen LogP contribution in [0.1, 0.15) is 35.7 Å². The van der Waals surface area contributed by atoms with E-state index < -0.39 is 16.1 Å². The fourth-order valence-electron chi connectivity index (χ4n) is 3.80. The summed E-state index contributed by atoms with van der Waals surface area (Å²) in [5.74, 6) is 0.200. The molecule has 0 fully saturated rings. The van der Waals surface area contributed by atoms with Crippen molar-refractivity contribution >= 4 is 21.6 Å². The molecular formula is C21H30N4O6S. The van der Waals surface area contributed by atoms with Gasteiger partial charge in [-0.25, -0.2) is 8.42 Å². The molecule has 1 amide bonds. The number of hydrogen-bond acceptors (Lipinski definition) is 8. The molecule has 0 spiro atoms. The minimum atomic E-state index is -3.98. The predicted molar refractivity (Wildman–Crippen MR) is 118 cm³/mol. The summed E-state index contributed by atoms with van der Waals surface area (Å²) in [5.41, 5.74) is 0.667. The summed E-state index contributed by atoms with van der Waals surface area (Å²) in [4.78, 5) is 14.9. The number of likely N-dealkylation sites (N-methyl/N-ethyl adjacent to an activating group) is 1. The molecule has 10 nitrogen and oxygen atoms in total. The Balaban J connectivity index is 2.02. The number of fused-ring (bicyclic) bond motifs is 1. The van der Waals surface area contributed by atoms with Gasteiger partial charge in [0.1, 0.15) is 17.5 Å². The Labute approximate surface area is 188 Å². The van der Waals surface area contributed by atoms with E-state index in [0.717, 1.165) is 0 Å². The topological polar surface area (TPSA) is 134 Å². The number of aliphatic hydroxyl groups is 1. The quantitative estimate of drug-likeness (QED) is 0.559. The second-order valence-electron chi connectivity index (χ2n) is 8.15. The minimum absolute atomic E-state index is 0.00581. The summed E-state index contributed by atoms with van der Waals surface area (Å²) < 4.78 is 39.4. The van der Waals surface area contributed by atoms with E-state index in [4.69, 9.17) is 9.26 Å². The van der Waals surface area contributed by atoms with Gasteiger partial charge in [-0.15, -0.1) is 0 Å². The maximum atomic E-state index is 13.4. The average molecular weight is 467 g/mol. The van der Waals surface area contributed by atoms with E-state index in [1.54, 1.807) is 30.9 Å². The molecule has 3 N–H and O–H groups in total. The lowest BCUT2D eigenvalue weighted by atomic mass is 9.99. The van der Waals surface area contributed by atoms with Crippen LogP contribution in [-0.2, 0) is 10.0 Å². The first-order chi connectivity index (χ1) is 15.1. The van der Waals surface area contributed by atoms with Gasteiger partial charge in [-0.1, -0.05) is 12.1 Å². The van der Waals surface area contributed by atoms with Crippen molar-refractivity contribution in [1.82, 2.24) is 15.4 Å². The smallest absolute Gasteiger partial charge is 0.267 e. The molecule has 0 unspecified atom stereocenters. The van der Waals surface area contributed by atoms with E-state index in [0.29, 0.717) is 18.8 Å². The number of carbonyl (C=O) groups excluding carboxylic acids is 1. The van der Waals surface area contributed by atoms with E-state index >= 15 is 0 Å². The summed E-state index contributed by atoms with van der Waals surface area (Å²) in [6.45, 7) is 7.58. The largest absolute Gasteiger partial charge is 0.488 e. The standard InChI is InChI=1S/C21H30N4O6S/c1-12-10-25(13(2)11-26)21(27)17-8-16(6-7-18(17)30-19(12)9-22-5)24-32(28,29)20-14(3)23-31-15(20)4/h6-8,12-13,19,22,24,26H,9-11H2,1-5H3/t12-,13-,19-/m1/s1. The van der Waals surface area contributed by atoms with Crippen molar-refractivity contribution in [3.05, 3.63) is 35.2 Å². The van der Waals surface area contributed by atoms with Gasteiger partial charge < -0.3 is 24.6 Å². The number of benzene rings is 1. The van der Waals surface area contributed by atoms with Crippen molar-refractivity contribution in [3.8, 4) is 5.75 Å². The number of hydrogen-bond donors (Lipinski definition) is 3. The molecule has 0 saturated heterocycles. The van der Waals surface area contributed by atoms with E-state index in [1.165, 1.54) is 13.0 Å². The second-order valence-corrected chi connectivity index (χ2v) is 9.77. The van der Waals surface area contributed by atoms with Crippen LogP contribution in [0, 0.1) is 19.8 Å². The molecule has 0 saturated carbocycles. The normalized spacial score (nSPS) is 20.2. The number of aromatic nitrogens is 1. The van der Waals surface area contributed by atoms with Crippen molar-refractivity contribution in [3.63, 3.8) is 0 Å². The van der Waals surface area contributed by atoms with E-state index in [1.807, 2.05) is 14.0 Å². The summed E-state index contributed by atoms with van der Waals surface area (Å²) in [7, 11) is -2.16.